The van der Waals surface area contributed by atoms with Crippen LogP contribution in [0, 0.1) is 5.92 Å². The molecule has 91 heavy (non-hydrogen) atoms. The molecule has 0 aromatic carbocycles. The maximum Gasteiger partial charge on any atom is 0.472 e. The second-order valence-electron chi connectivity index (χ2n) is 26.5. The third-order valence-corrected chi connectivity index (χ3v) is 18.7. The Bertz CT molecular complexity index is 1750. The molecule has 0 aromatic rings. The van der Waals surface area contributed by atoms with Crippen molar-refractivity contribution in [2.24, 2.45) is 5.92 Å². The minimum Gasteiger partial charge on any atom is -0.462 e. The van der Waals surface area contributed by atoms with Crippen molar-refractivity contribution >= 4 is 39.5 Å². The molecule has 2 unspecified atom stereocenters. The van der Waals surface area contributed by atoms with Crippen molar-refractivity contribution in [1.29, 1.82) is 0 Å². The van der Waals surface area contributed by atoms with Crippen LogP contribution in [0.25, 0.3) is 0 Å². The number of aliphatic hydroxyl groups excluding tert-OH is 1. The van der Waals surface area contributed by atoms with Gasteiger partial charge in [-0.1, -0.05) is 324 Å². The molecule has 0 spiro atoms. The Morgan fingerprint density at radius 3 is 0.747 bits per heavy atom. The molecule has 5 atom stereocenters. The monoisotopic (exact) mass is 1340 g/mol. The molecule has 0 fully saturated rings. The van der Waals surface area contributed by atoms with Gasteiger partial charge in [-0.2, -0.15) is 0 Å². The van der Waals surface area contributed by atoms with Crippen molar-refractivity contribution in [3.05, 3.63) is 0 Å². The number of ether oxygens (including phenoxy) is 4. The Labute approximate surface area is 556 Å². The molecule has 0 bridgehead atoms. The quantitative estimate of drug-likeness (QED) is 0.0222. The van der Waals surface area contributed by atoms with Gasteiger partial charge in [-0.3, -0.25) is 37.3 Å². The van der Waals surface area contributed by atoms with Gasteiger partial charge >= 0.3 is 39.5 Å². The first-order valence-corrected chi connectivity index (χ1v) is 40.6. The molecule has 0 saturated carbocycles. The van der Waals surface area contributed by atoms with Crippen molar-refractivity contribution in [2.45, 2.75) is 393 Å². The molecule has 0 amide bonds. The molecule has 540 valence electrons. The predicted octanol–water partition coefficient (Wildman–Crippen LogP) is 20.9. The molecule has 0 aliphatic carbocycles. The van der Waals surface area contributed by atoms with Crippen LogP contribution >= 0.6 is 15.6 Å². The molecule has 3 N–H and O–H groups in total. The highest BCUT2D eigenvalue weighted by Crippen LogP contribution is 2.45. The fourth-order valence-corrected chi connectivity index (χ4v) is 12.6. The summed E-state index contributed by atoms with van der Waals surface area (Å²) in [7, 11) is -9.89. The van der Waals surface area contributed by atoms with Crippen molar-refractivity contribution in [2.75, 3.05) is 39.6 Å². The minimum atomic E-state index is -4.95. The van der Waals surface area contributed by atoms with Gasteiger partial charge in [0.05, 0.1) is 26.4 Å². The lowest BCUT2D eigenvalue weighted by Crippen LogP contribution is -2.30. The number of esters is 4. The van der Waals surface area contributed by atoms with Gasteiger partial charge in [-0.25, -0.2) is 9.13 Å². The molecule has 0 rings (SSSR count). The smallest absolute Gasteiger partial charge is 0.462 e. The van der Waals surface area contributed by atoms with Gasteiger partial charge < -0.3 is 33.8 Å². The zero-order valence-electron chi connectivity index (χ0n) is 59.0. The third kappa shape index (κ3) is 66.5. The maximum absolute atomic E-state index is 13.1. The molecule has 0 aliphatic rings. The summed E-state index contributed by atoms with van der Waals surface area (Å²) >= 11 is 0. The van der Waals surface area contributed by atoms with Gasteiger partial charge in [0.25, 0.3) is 0 Å². The summed E-state index contributed by atoms with van der Waals surface area (Å²) in [6.45, 7) is 7.20. The molecule has 17 nitrogen and oxygen atoms in total. The van der Waals surface area contributed by atoms with Crippen LogP contribution in [-0.2, 0) is 65.4 Å². The van der Waals surface area contributed by atoms with E-state index in [1.165, 1.54) is 173 Å². The van der Waals surface area contributed by atoms with Crippen LogP contribution in [0.4, 0.5) is 0 Å². The van der Waals surface area contributed by atoms with Crippen LogP contribution < -0.4 is 0 Å². The SMILES string of the molecule is CCCCCCCCCCCCCCCCCCCCC(=O)OC[C@H](COP(=O)(O)OC[C@@H](O)COP(=O)(O)OC[C@@H](COC(=O)CCCCCCCCC)OC(=O)CCCCCCCCC)OC(=O)CCCCCCCCCCCCCCCCCCC(C)C. The van der Waals surface area contributed by atoms with E-state index in [0.29, 0.717) is 25.7 Å². The number of unbranched alkanes of at least 4 members (excludes halogenated alkanes) is 44. The molecule has 0 aromatic heterocycles. The lowest BCUT2D eigenvalue weighted by atomic mass is 10.0. The van der Waals surface area contributed by atoms with Crippen molar-refractivity contribution in [3.63, 3.8) is 0 Å². The molecule has 19 heteroatoms. The fourth-order valence-electron chi connectivity index (χ4n) is 11.0. The maximum atomic E-state index is 13.1. The molecule has 0 saturated heterocycles. The molecular formula is C72H140O17P2. The number of hydrogen-bond acceptors (Lipinski definition) is 15. The Balaban J connectivity index is 5.12. The van der Waals surface area contributed by atoms with Gasteiger partial charge in [0.2, 0.25) is 0 Å². The normalized spacial score (nSPS) is 14.0. The number of carbonyl (C=O) groups excluding carboxylic acids is 4. The van der Waals surface area contributed by atoms with Crippen molar-refractivity contribution < 1.29 is 80.2 Å². The van der Waals surface area contributed by atoms with E-state index >= 15 is 0 Å². The second kappa shape index (κ2) is 65.4. The van der Waals surface area contributed by atoms with E-state index in [2.05, 4.69) is 34.6 Å². The Hall–Kier alpha value is -1.94. The summed E-state index contributed by atoms with van der Waals surface area (Å²) in [4.78, 5) is 72.3. The summed E-state index contributed by atoms with van der Waals surface area (Å²) < 4.78 is 68.1. The van der Waals surface area contributed by atoms with Crippen LogP contribution in [0.15, 0.2) is 0 Å². The van der Waals surface area contributed by atoms with E-state index in [1.807, 2.05) is 0 Å². The second-order valence-corrected chi connectivity index (χ2v) is 29.4. The summed E-state index contributed by atoms with van der Waals surface area (Å²) in [5.74, 6) is -1.32. The number of rotatable bonds is 72. The fraction of sp³-hybridized carbons (Fsp3) is 0.944. The zero-order valence-corrected chi connectivity index (χ0v) is 60.8. The first-order chi connectivity index (χ1) is 44.0. The lowest BCUT2D eigenvalue weighted by Gasteiger charge is -2.21. The van der Waals surface area contributed by atoms with Gasteiger partial charge in [0.15, 0.2) is 12.2 Å². The third-order valence-electron chi connectivity index (χ3n) is 16.8. The number of phosphoric ester groups is 2. The average Bonchev–Trinajstić information content (AvgIpc) is 2.24. The number of carbonyl (C=O) groups is 4. The summed E-state index contributed by atoms with van der Waals surface area (Å²) in [5.41, 5.74) is 0. The van der Waals surface area contributed by atoms with E-state index in [1.54, 1.807) is 0 Å². The van der Waals surface area contributed by atoms with Gasteiger partial charge in [-0.05, 0) is 31.6 Å². The Morgan fingerprint density at radius 2 is 0.505 bits per heavy atom. The summed E-state index contributed by atoms with van der Waals surface area (Å²) in [6, 6.07) is 0. The van der Waals surface area contributed by atoms with E-state index in [9.17, 15) is 43.2 Å². The summed E-state index contributed by atoms with van der Waals surface area (Å²) in [5, 5.41) is 10.6. The topological polar surface area (TPSA) is 237 Å². The van der Waals surface area contributed by atoms with Crippen LogP contribution in [-0.4, -0.2) is 96.7 Å². The van der Waals surface area contributed by atoms with E-state index in [-0.39, 0.29) is 25.7 Å². The number of hydrogen-bond donors (Lipinski definition) is 3. The van der Waals surface area contributed by atoms with Crippen LogP contribution in [0.2, 0.25) is 0 Å². The summed E-state index contributed by atoms with van der Waals surface area (Å²) in [6.07, 6.45) is 53.2. The first-order valence-electron chi connectivity index (χ1n) is 37.6. The molecule has 0 heterocycles. The highest BCUT2D eigenvalue weighted by molar-refractivity contribution is 7.47. The van der Waals surface area contributed by atoms with Crippen molar-refractivity contribution in [1.82, 2.24) is 0 Å². The van der Waals surface area contributed by atoms with Crippen LogP contribution in [0.1, 0.15) is 375 Å². The van der Waals surface area contributed by atoms with E-state index in [0.717, 1.165) is 121 Å². The Morgan fingerprint density at radius 1 is 0.297 bits per heavy atom. The van der Waals surface area contributed by atoms with Crippen LogP contribution in [0.5, 0.6) is 0 Å². The highest BCUT2D eigenvalue weighted by Gasteiger charge is 2.30. The molecule has 0 aliphatic heterocycles. The standard InChI is InChI=1S/C72H140O17P2/c1-6-9-12-15-18-19-20-21-22-23-24-28-31-34-37-42-46-51-56-70(75)83-62-68(89-72(77)58-53-48-43-38-35-32-29-26-25-27-30-33-36-41-44-49-54-65(4)5)64-87-91(80,81)85-60-66(73)59-84-90(78,79)86-63-67(88-71(76)57-52-47-40-17-14-11-8-3)61-82-69(74)55-50-45-39-16-13-10-7-2/h65-68,73H,6-64H2,1-5H3,(H,78,79)(H,80,81)/t66-,67+,68+/m0/s1. The number of phosphoric acid groups is 2. The molecular weight excluding hydrogens is 1200 g/mol. The first kappa shape index (κ1) is 89.1. The van der Waals surface area contributed by atoms with Gasteiger partial charge in [0, 0.05) is 25.7 Å². The largest absolute Gasteiger partial charge is 0.472 e. The number of aliphatic hydroxyl groups is 1. The Kier molecular flexibility index (Phi) is 64.0. The zero-order chi connectivity index (χ0) is 67.0. The minimum absolute atomic E-state index is 0.104. The van der Waals surface area contributed by atoms with Gasteiger partial charge in [-0.15, -0.1) is 0 Å². The predicted molar refractivity (Wildman–Crippen MR) is 368 cm³/mol. The lowest BCUT2D eigenvalue weighted by molar-refractivity contribution is -0.161. The van der Waals surface area contributed by atoms with Crippen molar-refractivity contribution in [3.8, 4) is 0 Å². The van der Waals surface area contributed by atoms with Crippen LogP contribution in [0.3, 0.4) is 0 Å². The highest BCUT2D eigenvalue weighted by atomic mass is 31.2. The van der Waals surface area contributed by atoms with Gasteiger partial charge in [0.1, 0.15) is 19.3 Å². The molecule has 0 radical (unpaired) electrons. The van der Waals surface area contributed by atoms with E-state index < -0.39 is 97.5 Å². The average molecular weight is 1340 g/mol. The van der Waals surface area contributed by atoms with E-state index in [4.69, 9.17) is 37.0 Å².